The lowest BCUT2D eigenvalue weighted by Gasteiger charge is -2.33. The highest BCUT2D eigenvalue weighted by atomic mass is 16.6. The molecular weight excluding hydrogens is 203 g/mol. The summed E-state index contributed by atoms with van der Waals surface area (Å²) in [7, 11) is 3.74. The van der Waals surface area contributed by atoms with Crippen LogP contribution in [0.3, 0.4) is 0 Å². The summed E-state index contributed by atoms with van der Waals surface area (Å²) in [5, 5.41) is 0. The first kappa shape index (κ1) is 15.9. The second-order valence-corrected chi connectivity index (χ2v) is 4.72. The number of hydrogen-bond acceptors (Lipinski definition) is 3. The van der Waals surface area contributed by atoms with Gasteiger partial charge in [-0.1, -0.05) is 6.92 Å². The lowest BCUT2D eigenvalue weighted by atomic mass is 9.89. The Morgan fingerprint density at radius 1 is 1.00 bits per heavy atom. The van der Waals surface area contributed by atoms with Gasteiger partial charge in [0.1, 0.15) is 14.0 Å². The fourth-order valence-corrected chi connectivity index (χ4v) is 1.70. The van der Waals surface area contributed by atoms with Crippen LogP contribution < -0.4 is 0 Å². The molecule has 0 N–H and O–H groups in total. The lowest BCUT2D eigenvalue weighted by Crippen LogP contribution is -2.44. The summed E-state index contributed by atoms with van der Waals surface area (Å²) in [6.07, 6.45) is 1.43. The van der Waals surface area contributed by atoms with Gasteiger partial charge in [-0.3, -0.25) is 0 Å². The highest BCUT2D eigenvalue weighted by molar-refractivity contribution is 6.11. The molecule has 0 aliphatic rings. The zero-order valence-electron chi connectivity index (χ0n) is 11.8. The molecule has 0 radical (unpaired) electrons. The first-order valence-electron chi connectivity index (χ1n) is 6.26. The summed E-state index contributed by atoms with van der Waals surface area (Å²) >= 11 is 0. The SMILES string of the molecule is BC(OC)C(OC(C)C)C(CC)OC(C)C. The predicted molar refractivity (Wildman–Crippen MR) is 69.7 cm³/mol. The monoisotopic (exact) mass is 230 g/mol. The molecule has 0 aromatic carbocycles. The van der Waals surface area contributed by atoms with Gasteiger partial charge in [0, 0.05) is 7.11 Å². The topological polar surface area (TPSA) is 27.7 Å². The molecule has 0 fully saturated rings. The Morgan fingerprint density at radius 2 is 1.50 bits per heavy atom. The third kappa shape index (κ3) is 5.87. The van der Waals surface area contributed by atoms with Crippen LogP contribution in [0.2, 0.25) is 0 Å². The first-order valence-corrected chi connectivity index (χ1v) is 6.26. The smallest absolute Gasteiger partial charge is 0.142 e. The van der Waals surface area contributed by atoms with Gasteiger partial charge in [-0.2, -0.15) is 0 Å². The minimum Gasteiger partial charge on any atom is -0.388 e. The molecule has 0 aromatic rings. The summed E-state index contributed by atoms with van der Waals surface area (Å²) in [4.78, 5) is 0. The van der Waals surface area contributed by atoms with Crippen LogP contribution in [0.1, 0.15) is 41.0 Å². The van der Waals surface area contributed by atoms with Gasteiger partial charge >= 0.3 is 0 Å². The molecule has 0 saturated heterocycles. The maximum absolute atomic E-state index is 5.91. The van der Waals surface area contributed by atoms with Gasteiger partial charge < -0.3 is 14.2 Å². The Morgan fingerprint density at radius 3 is 1.81 bits per heavy atom. The van der Waals surface area contributed by atoms with E-state index in [-0.39, 0.29) is 30.4 Å². The molecule has 0 spiro atoms. The number of ether oxygens (including phenoxy) is 3. The molecule has 0 heterocycles. The van der Waals surface area contributed by atoms with Crippen LogP contribution in [-0.4, -0.2) is 45.4 Å². The molecule has 0 aliphatic heterocycles. The van der Waals surface area contributed by atoms with Crippen molar-refractivity contribution >= 4 is 7.85 Å². The Labute approximate surface area is 101 Å². The number of methoxy groups -OCH3 is 1. The van der Waals surface area contributed by atoms with Crippen molar-refractivity contribution in [3.8, 4) is 0 Å². The summed E-state index contributed by atoms with van der Waals surface area (Å²) in [6, 6.07) is 0.0473. The largest absolute Gasteiger partial charge is 0.388 e. The van der Waals surface area contributed by atoms with E-state index in [2.05, 4.69) is 6.92 Å². The molecule has 0 bridgehead atoms. The summed E-state index contributed by atoms with van der Waals surface area (Å²) in [6.45, 7) is 10.3. The second kappa shape index (κ2) is 8.10. The van der Waals surface area contributed by atoms with E-state index in [1.807, 2.05) is 35.5 Å². The number of rotatable bonds is 8. The third-order valence-electron chi connectivity index (χ3n) is 2.48. The average Bonchev–Trinajstić information content (AvgIpc) is 2.21. The summed E-state index contributed by atoms with van der Waals surface area (Å²) < 4.78 is 17.2. The van der Waals surface area contributed by atoms with Crippen molar-refractivity contribution in [2.24, 2.45) is 0 Å². The molecule has 0 amide bonds. The Bertz CT molecular complexity index is 174. The standard InChI is InChI=1S/C12H27BO3/c1-7-10(15-8(2)3)11(12(13)14-6)16-9(4)5/h8-12H,7,13H2,1-6H3. The van der Waals surface area contributed by atoms with Crippen molar-refractivity contribution in [1.82, 2.24) is 0 Å². The van der Waals surface area contributed by atoms with Crippen LogP contribution in [0, 0.1) is 0 Å². The second-order valence-electron chi connectivity index (χ2n) is 4.72. The molecule has 16 heavy (non-hydrogen) atoms. The van der Waals surface area contributed by atoms with E-state index in [1.54, 1.807) is 7.11 Å². The molecule has 0 rings (SSSR count). The van der Waals surface area contributed by atoms with E-state index >= 15 is 0 Å². The van der Waals surface area contributed by atoms with Gasteiger partial charge in [-0.25, -0.2) is 0 Å². The fraction of sp³-hybridized carbons (Fsp3) is 1.00. The Hall–Kier alpha value is -0.0551. The van der Waals surface area contributed by atoms with Gasteiger partial charge in [0.05, 0.1) is 24.3 Å². The Kier molecular flexibility index (Phi) is 8.07. The van der Waals surface area contributed by atoms with Crippen LogP contribution in [0.25, 0.3) is 0 Å². The van der Waals surface area contributed by atoms with Gasteiger partial charge in [0.25, 0.3) is 0 Å². The number of hydrogen-bond donors (Lipinski definition) is 0. The maximum Gasteiger partial charge on any atom is 0.142 e. The van der Waals surface area contributed by atoms with Gasteiger partial charge in [-0.05, 0) is 34.1 Å². The highest BCUT2D eigenvalue weighted by Gasteiger charge is 2.28. The van der Waals surface area contributed by atoms with Crippen LogP contribution >= 0.6 is 0 Å². The van der Waals surface area contributed by atoms with E-state index < -0.39 is 0 Å². The molecule has 0 aromatic heterocycles. The zero-order chi connectivity index (χ0) is 12.7. The van der Waals surface area contributed by atoms with Crippen molar-refractivity contribution in [1.29, 1.82) is 0 Å². The minimum absolute atomic E-state index is 0.00241. The van der Waals surface area contributed by atoms with E-state index in [0.717, 1.165) is 6.42 Å². The van der Waals surface area contributed by atoms with Crippen molar-refractivity contribution in [2.45, 2.75) is 71.5 Å². The fourth-order valence-electron chi connectivity index (χ4n) is 1.70. The lowest BCUT2D eigenvalue weighted by molar-refractivity contribution is -0.140. The summed E-state index contributed by atoms with van der Waals surface area (Å²) in [5.41, 5.74) is 0. The van der Waals surface area contributed by atoms with Crippen LogP contribution in [-0.2, 0) is 14.2 Å². The highest BCUT2D eigenvalue weighted by Crippen LogP contribution is 2.16. The third-order valence-corrected chi connectivity index (χ3v) is 2.48. The molecule has 4 heteroatoms. The van der Waals surface area contributed by atoms with Gasteiger partial charge in [-0.15, -0.1) is 0 Å². The molecule has 0 aliphatic carbocycles. The van der Waals surface area contributed by atoms with E-state index in [1.165, 1.54) is 0 Å². The predicted octanol–water partition coefficient (Wildman–Crippen LogP) is 1.59. The molecule has 3 nitrogen and oxygen atoms in total. The van der Waals surface area contributed by atoms with Crippen LogP contribution in [0.4, 0.5) is 0 Å². The zero-order valence-corrected chi connectivity index (χ0v) is 11.8. The Balaban J connectivity index is 4.54. The molecule has 3 atom stereocenters. The normalized spacial score (nSPS) is 17.8. The van der Waals surface area contributed by atoms with Crippen molar-refractivity contribution in [3.05, 3.63) is 0 Å². The first-order chi connectivity index (χ1) is 7.42. The van der Waals surface area contributed by atoms with Crippen LogP contribution in [0.5, 0.6) is 0 Å². The molecular formula is C12H27BO3. The van der Waals surface area contributed by atoms with E-state index in [0.29, 0.717) is 0 Å². The van der Waals surface area contributed by atoms with Crippen LogP contribution in [0.15, 0.2) is 0 Å². The van der Waals surface area contributed by atoms with Gasteiger partial charge in [0.15, 0.2) is 0 Å². The van der Waals surface area contributed by atoms with Gasteiger partial charge in [0.2, 0.25) is 0 Å². The molecule has 96 valence electrons. The van der Waals surface area contributed by atoms with E-state index in [4.69, 9.17) is 14.2 Å². The molecule has 0 saturated carbocycles. The van der Waals surface area contributed by atoms with Crippen molar-refractivity contribution < 1.29 is 14.2 Å². The van der Waals surface area contributed by atoms with Crippen molar-refractivity contribution in [2.75, 3.05) is 7.11 Å². The maximum atomic E-state index is 5.91. The average molecular weight is 230 g/mol. The minimum atomic E-state index is -0.00241. The quantitative estimate of drug-likeness (QED) is 0.592. The van der Waals surface area contributed by atoms with E-state index in [9.17, 15) is 0 Å². The molecule has 3 unspecified atom stereocenters. The van der Waals surface area contributed by atoms with Crippen molar-refractivity contribution in [3.63, 3.8) is 0 Å². The summed E-state index contributed by atoms with van der Waals surface area (Å²) in [5.74, 6) is 0.